The van der Waals surface area contributed by atoms with Crippen LogP contribution in [-0.2, 0) is 11.2 Å². The van der Waals surface area contributed by atoms with E-state index in [1.165, 1.54) is 5.56 Å². The molecule has 2 aromatic rings. The van der Waals surface area contributed by atoms with Crippen molar-refractivity contribution in [3.63, 3.8) is 0 Å². The average molecular weight is 434 g/mol. The Kier molecular flexibility index (Phi) is 4.40. The summed E-state index contributed by atoms with van der Waals surface area (Å²) < 4.78 is 0. The van der Waals surface area contributed by atoms with Gasteiger partial charge in [0.1, 0.15) is 6.04 Å². The molecule has 0 amide bonds. The Morgan fingerprint density at radius 3 is 2.27 bits per heavy atom. The van der Waals surface area contributed by atoms with Crippen molar-refractivity contribution in [3.8, 4) is 0 Å². The predicted molar refractivity (Wildman–Crippen MR) is 131 cm³/mol. The van der Waals surface area contributed by atoms with Crippen LogP contribution >= 0.6 is 0 Å². The lowest BCUT2D eigenvalue weighted by atomic mass is 10.0. The van der Waals surface area contributed by atoms with Crippen molar-refractivity contribution >= 4 is 29.4 Å². The number of aromatic amines is 2. The largest absolute Gasteiger partial charge is 0.371 e. The van der Waals surface area contributed by atoms with Gasteiger partial charge >= 0.3 is 0 Å². The number of rotatable bonds is 2. The van der Waals surface area contributed by atoms with Crippen molar-refractivity contribution in [2.24, 2.45) is 9.98 Å². The maximum absolute atomic E-state index is 13.4. The van der Waals surface area contributed by atoms with Gasteiger partial charge < -0.3 is 15.3 Å². The molecule has 4 aliphatic heterocycles. The van der Waals surface area contributed by atoms with Crippen LogP contribution in [-0.4, -0.2) is 33.2 Å². The van der Waals surface area contributed by atoms with Gasteiger partial charge in [-0.1, -0.05) is 0 Å². The highest BCUT2D eigenvalue weighted by Gasteiger charge is 2.31. The van der Waals surface area contributed by atoms with Gasteiger partial charge in [-0.05, 0) is 86.2 Å². The van der Waals surface area contributed by atoms with Crippen molar-refractivity contribution in [1.82, 2.24) is 15.3 Å². The summed E-state index contributed by atoms with van der Waals surface area (Å²) in [5, 5.41) is 5.35. The number of hydrogen-bond donors (Lipinski definition) is 3. The zero-order chi connectivity index (χ0) is 22.5. The molecule has 2 aromatic heterocycles. The van der Waals surface area contributed by atoms with E-state index in [1.54, 1.807) is 0 Å². The van der Waals surface area contributed by atoms with Gasteiger partial charge in [0.2, 0.25) is 0 Å². The molecule has 1 unspecified atom stereocenters. The van der Waals surface area contributed by atoms with Gasteiger partial charge in [0.05, 0.1) is 22.8 Å². The van der Waals surface area contributed by atoms with E-state index in [-0.39, 0.29) is 5.78 Å². The summed E-state index contributed by atoms with van der Waals surface area (Å²) in [6.07, 6.45) is 16.3. The second-order valence-corrected chi connectivity index (χ2v) is 8.72. The molecule has 4 aliphatic rings. The first kappa shape index (κ1) is 19.5. The summed E-state index contributed by atoms with van der Waals surface area (Å²) in [5.41, 5.74) is 8.20. The molecule has 6 heteroatoms. The summed E-state index contributed by atoms with van der Waals surface area (Å²) in [5.74, 6) is 0.0657. The normalized spacial score (nSPS) is 20.8. The maximum atomic E-state index is 13.4. The van der Waals surface area contributed by atoms with Crippen LogP contribution in [0.3, 0.4) is 0 Å². The quantitative estimate of drug-likeness (QED) is 0.679. The SMILES string of the molecule is Cc1cc(CC2=C3C=C4C=CC(=N4)C=c4ccc([nH]4)=CC4=NC(=CC(N3)C2=O)C=C4)[nH]c1C. The zero-order valence-electron chi connectivity index (χ0n) is 18.4. The molecular formula is C27H23N5O. The van der Waals surface area contributed by atoms with Gasteiger partial charge in [0, 0.05) is 39.8 Å². The number of ketones is 1. The molecule has 0 saturated heterocycles. The van der Waals surface area contributed by atoms with E-state index in [1.807, 2.05) is 67.7 Å². The average Bonchev–Trinajstić information content (AvgIpc) is 3.59. The molecule has 162 valence electrons. The fraction of sp³-hybridized carbons (Fsp3) is 0.148. The highest BCUT2D eigenvalue weighted by molar-refractivity contribution is 6.20. The van der Waals surface area contributed by atoms with Crippen molar-refractivity contribution < 1.29 is 4.79 Å². The summed E-state index contributed by atoms with van der Waals surface area (Å²) >= 11 is 0. The maximum Gasteiger partial charge on any atom is 0.187 e. The molecule has 1 atom stereocenters. The van der Waals surface area contributed by atoms with Gasteiger partial charge in [-0.3, -0.25) is 4.79 Å². The first-order valence-electron chi connectivity index (χ1n) is 11.0. The van der Waals surface area contributed by atoms with Crippen molar-refractivity contribution in [2.75, 3.05) is 0 Å². The number of aliphatic imine (C=N–C) groups is 2. The van der Waals surface area contributed by atoms with E-state index in [0.717, 1.165) is 56.2 Å². The fourth-order valence-corrected chi connectivity index (χ4v) is 4.46. The van der Waals surface area contributed by atoms with Gasteiger partial charge in [0.25, 0.3) is 0 Å². The number of aryl methyl sites for hydroxylation is 2. The van der Waals surface area contributed by atoms with E-state index >= 15 is 0 Å². The third kappa shape index (κ3) is 3.69. The third-order valence-corrected chi connectivity index (χ3v) is 6.25. The fourth-order valence-electron chi connectivity index (χ4n) is 4.46. The number of carbonyl (C=O) groups is 1. The molecule has 33 heavy (non-hydrogen) atoms. The Bertz CT molecular complexity index is 1530. The standard InChI is InChI=1S/C27H23N5O/c1-15-9-23(28-16(15)2)12-24-25-13-21-7-5-19(30-21)10-17-3-4-18(29-17)11-20-6-8-22(31-20)14-26(32-25)27(24)33/h3-11,13-14,26,28-29,32H,12H2,1-2H3. The number of carbonyl (C=O) groups excluding carboxylic acids is 1. The third-order valence-electron chi connectivity index (χ3n) is 6.25. The lowest BCUT2D eigenvalue weighted by Crippen LogP contribution is -2.27. The monoisotopic (exact) mass is 433 g/mol. The molecule has 6 rings (SSSR count). The van der Waals surface area contributed by atoms with Gasteiger partial charge in [0.15, 0.2) is 5.78 Å². The van der Waals surface area contributed by atoms with Crippen molar-refractivity contribution in [2.45, 2.75) is 26.3 Å². The Morgan fingerprint density at radius 2 is 1.58 bits per heavy atom. The summed E-state index contributed by atoms with van der Waals surface area (Å²) in [6.45, 7) is 4.12. The van der Waals surface area contributed by atoms with E-state index in [2.05, 4.69) is 33.3 Å². The number of aromatic nitrogens is 2. The Morgan fingerprint density at radius 1 is 0.879 bits per heavy atom. The molecule has 0 aromatic carbocycles. The van der Waals surface area contributed by atoms with Crippen molar-refractivity contribution in [3.05, 3.63) is 105 Å². The molecule has 6 heterocycles. The van der Waals surface area contributed by atoms with E-state index in [0.29, 0.717) is 6.42 Å². The van der Waals surface area contributed by atoms with Gasteiger partial charge in [-0.15, -0.1) is 0 Å². The Labute approximate surface area is 190 Å². The van der Waals surface area contributed by atoms with Crippen LogP contribution in [0.4, 0.5) is 0 Å². The lowest BCUT2D eigenvalue weighted by Gasteiger charge is -2.06. The smallest absolute Gasteiger partial charge is 0.187 e. The molecule has 6 nitrogen and oxygen atoms in total. The molecule has 3 N–H and O–H groups in total. The van der Waals surface area contributed by atoms with Gasteiger partial charge in [-0.2, -0.15) is 0 Å². The van der Waals surface area contributed by atoms with Crippen LogP contribution in [0, 0.1) is 13.8 Å². The van der Waals surface area contributed by atoms with E-state index in [9.17, 15) is 4.79 Å². The topological polar surface area (TPSA) is 85.4 Å². The number of H-pyrrole nitrogens is 2. The number of nitrogens with one attached hydrogen (secondary N) is 3. The number of nitrogens with zero attached hydrogens (tertiary/aromatic N) is 2. The molecule has 8 bridgehead atoms. The van der Waals surface area contributed by atoms with Crippen molar-refractivity contribution in [1.29, 1.82) is 0 Å². The minimum atomic E-state index is -0.461. The van der Waals surface area contributed by atoms with Crippen LogP contribution in [0.25, 0.3) is 12.2 Å². The Balaban J connectivity index is 1.48. The summed E-state index contributed by atoms with van der Waals surface area (Å²) in [6, 6.07) is 5.70. The van der Waals surface area contributed by atoms with Crippen LogP contribution in [0.1, 0.15) is 17.0 Å². The molecular weight excluding hydrogens is 410 g/mol. The first-order chi connectivity index (χ1) is 16.0. The van der Waals surface area contributed by atoms with Crippen LogP contribution in [0.15, 0.2) is 87.3 Å². The highest BCUT2D eigenvalue weighted by atomic mass is 16.1. The first-order valence-corrected chi connectivity index (χ1v) is 11.0. The second-order valence-electron chi connectivity index (χ2n) is 8.72. The predicted octanol–water partition coefficient (Wildman–Crippen LogP) is 2.36. The Hall–Kier alpha value is -4.19. The number of allylic oxidation sites excluding steroid dienone is 5. The lowest BCUT2D eigenvalue weighted by molar-refractivity contribution is -0.115. The minimum Gasteiger partial charge on any atom is -0.371 e. The van der Waals surface area contributed by atoms with Crippen LogP contribution in [0.2, 0.25) is 0 Å². The van der Waals surface area contributed by atoms with E-state index in [4.69, 9.17) is 4.99 Å². The number of Topliss-reactive ketones (excluding diaryl/α,β-unsaturated/α-hetero) is 1. The zero-order valence-corrected chi connectivity index (χ0v) is 18.4. The van der Waals surface area contributed by atoms with E-state index < -0.39 is 6.04 Å². The molecule has 0 fully saturated rings. The summed E-state index contributed by atoms with van der Waals surface area (Å²) in [4.78, 5) is 29.6. The number of hydrogen-bond acceptors (Lipinski definition) is 4. The molecule has 0 radical (unpaired) electrons. The molecule has 0 spiro atoms. The molecule has 0 saturated carbocycles. The summed E-state index contributed by atoms with van der Waals surface area (Å²) in [7, 11) is 0. The van der Waals surface area contributed by atoms with Crippen LogP contribution in [0.5, 0.6) is 0 Å². The highest BCUT2D eigenvalue weighted by Crippen LogP contribution is 2.26. The second kappa shape index (κ2) is 7.45. The van der Waals surface area contributed by atoms with Crippen LogP contribution < -0.4 is 16.0 Å². The van der Waals surface area contributed by atoms with Gasteiger partial charge in [-0.25, -0.2) is 9.98 Å². The minimum absolute atomic E-state index is 0.0657. The molecule has 0 aliphatic carbocycles. The number of fused-ring (bicyclic) bond motifs is 6.